The number of fused-ring (bicyclic) bond motifs is 1. The van der Waals surface area contributed by atoms with E-state index in [4.69, 9.17) is 4.74 Å². The van der Waals surface area contributed by atoms with Crippen molar-refractivity contribution in [3.63, 3.8) is 0 Å². The van der Waals surface area contributed by atoms with Gasteiger partial charge in [0, 0.05) is 0 Å². The summed E-state index contributed by atoms with van der Waals surface area (Å²) in [6.07, 6.45) is 4.02. The topological polar surface area (TPSA) is 29.5 Å². The maximum atomic E-state index is 11.1. The van der Waals surface area contributed by atoms with Crippen LogP contribution < -0.4 is 0 Å². The van der Waals surface area contributed by atoms with Crippen molar-refractivity contribution < 1.29 is 9.53 Å². The van der Waals surface area contributed by atoms with Crippen molar-refractivity contribution in [2.75, 3.05) is 0 Å². The van der Waals surface area contributed by atoms with Gasteiger partial charge in [0.1, 0.15) is 5.76 Å². The Morgan fingerprint density at radius 3 is 3.00 bits per heavy atom. The minimum atomic E-state index is -0.00120. The number of β-lactam (4-membered cyclic amide) rings is 1. The number of hydrogen-bond donors (Lipinski definition) is 0. The largest absolute Gasteiger partial charge is 0.472 e. The van der Waals surface area contributed by atoms with E-state index in [2.05, 4.69) is 6.58 Å². The molecule has 2 heterocycles. The van der Waals surface area contributed by atoms with Crippen LogP contribution in [0.25, 0.3) is 0 Å². The molecule has 0 radical (unpaired) electrons. The van der Waals surface area contributed by atoms with Crippen LogP contribution in [0.5, 0.6) is 0 Å². The van der Waals surface area contributed by atoms with Gasteiger partial charge in [-0.05, 0) is 13.0 Å². The molecule has 2 atom stereocenters. The number of hydrogen-bond acceptors (Lipinski definition) is 2. The van der Waals surface area contributed by atoms with Crippen LogP contribution in [0, 0.1) is 0 Å². The van der Waals surface area contributed by atoms with Crippen LogP contribution in [0.15, 0.2) is 24.5 Å². The summed E-state index contributed by atoms with van der Waals surface area (Å²) in [7, 11) is 0. The van der Waals surface area contributed by atoms with Crippen molar-refractivity contribution >= 4 is 5.91 Å². The highest BCUT2D eigenvalue weighted by molar-refractivity contribution is 5.83. The smallest absolute Gasteiger partial charge is 0.231 e. The molecule has 64 valence electrons. The van der Waals surface area contributed by atoms with Crippen LogP contribution in [0.4, 0.5) is 0 Å². The Labute approximate surface area is 71.3 Å². The summed E-state index contributed by atoms with van der Waals surface area (Å²) in [6.45, 7) is 5.55. The first-order chi connectivity index (χ1) is 5.74. The molecule has 0 aromatic rings. The third-order valence-corrected chi connectivity index (χ3v) is 2.33. The van der Waals surface area contributed by atoms with E-state index in [1.165, 1.54) is 0 Å². The number of rotatable bonds is 1. The van der Waals surface area contributed by atoms with Crippen molar-refractivity contribution in [3.05, 3.63) is 24.5 Å². The first-order valence-electron chi connectivity index (χ1n) is 4.04. The first kappa shape index (κ1) is 7.40. The average molecular weight is 165 g/mol. The van der Waals surface area contributed by atoms with Crippen LogP contribution in [0.3, 0.4) is 0 Å². The van der Waals surface area contributed by atoms with Crippen molar-refractivity contribution in [3.8, 4) is 0 Å². The highest BCUT2D eigenvalue weighted by atomic mass is 16.5. The fourth-order valence-electron chi connectivity index (χ4n) is 1.65. The van der Waals surface area contributed by atoms with Gasteiger partial charge in [0.15, 0.2) is 6.23 Å². The molecule has 3 heteroatoms. The SMILES string of the molecule is C=CC=C1O[C@@H]2CC(=O)N2[C@H]1C. The standard InChI is InChI=1S/C9H11NO2/c1-3-4-7-6(2)10-8(11)5-9(10)12-7/h3-4,6,9H,1,5H2,2H3/t6-,9+/m0/s1. The number of ether oxygens (including phenoxy) is 1. The number of nitrogens with zero attached hydrogens (tertiary/aromatic N) is 1. The van der Waals surface area contributed by atoms with Gasteiger partial charge in [-0.15, -0.1) is 0 Å². The van der Waals surface area contributed by atoms with Gasteiger partial charge in [0.05, 0.1) is 12.5 Å². The van der Waals surface area contributed by atoms with Gasteiger partial charge < -0.3 is 4.74 Å². The van der Waals surface area contributed by atoms with E-state index < -0.39 is 0 Å². The lowest BCUT2D eigenvalue weighted by Gasteiger charge is -2.33. The van der Waals surface area contributed by atoms with Gasteiger partial charge in [0.2, 0.25) is 5.91 Å². The monoisotopic (exact) mass is 165 g/mol. The molecule has 2 aliphatic rings. The predicted octanol–water partition coefficient (Wildman–Crippen LogP) is 1.03. The molecule has 3 nitrogen and oxygen atoms in total. The van der Waals surface area contributed by atoms with Crippen LogP contribution in [0.2, 0.25) is 0 Å². The van der Waals surface area contributed by atoms with E-state index in [0.717, 1.165) is 5.76 Å². The van der Waals surface area contributed by atoms with Crippen LogP contribution in [-0.2, 0) is 9.53 Å². The molecule has 2 saturated heterocycles. The van der Waals surface area contributed by atoms with Crippen molar-refractivity contribution in [1.82, 2.24) is 4.90 Å². The molecule has 2 fully saturated rings. The number of carbonyl (C=O) groups is 1. The molecule has 2 rings (SSSR count). The fourth-order valence-corrected chi connectivity index (χ4v) is 1.65. The lowest BCUT2D eigenvalue weighted by atomic mass is 10.1. The lowest BCUT2D eigenvalue weighted by molar-refractivity contribution is -0.156. The quantitative estimate of drug-likeness (QED) is 0.543. The molecule has 0 unspecified atom stereocenters. The van der Waals surface area contributed by atoms with Gasteiger partial charge >= 0.3 is 0 Å². The molecule has 0 N–H and O–H groups in total. The zero-order valence-corrected chi connectivity index (χ0v) is 6.99. The normalized spacial score (nSPS) is 35.9. The minimum Gasteiger partial charge on any atom is -0.472 e. The Kier molecular flexibility index (Phi) is 1.46. The van der Waals surface area contributed by atoms with Crippen molar-refractivity contribution in [2.45, 2.75) is 25.6 Å². The van der Waals surface area contributed by atoms with Crippen molar-refractivity contribution in [1.29, 1.82) is 0 Å². The molecule has 0 saturated carbocycles. The summed E-state index contributed by atoms with van der Waals surface area (Å²) in [4.78, 5) is 12.8. The fraction of sp³-hybridized carbons (Fsp3) is 0.444. The summed E-state index contributed by atoms with van der Waals surface area (Å²) in [5.74, 6) is 1.03. The Morgan fingerprint density at radius 2 is 2.50 bits per heavy atom. The van der Waals surface area contributed by atoms with Crippen LogP contribution >= 0.6 is 0 Å². The van der Waals surface area contributed by atoms with E-state index in [1.54, 1.807) is 11.0 Å². The van der Waals surface area contributed by atoms with Crippen molar-refractivity contribution in [2.24, 2.45) is 0 Å². The van der Waals surface area contributed by atoms with E-state index in [9.17, 15) is 4.79 Å². The second-order valence-corrected chi connectivity index (χ2v) is 3.06. The number of allylic oxidation sites excluding steroid dienone is 2. The molecular formula is C9H11NO2. The van der Waals surface area contributed by atoms with Gasteiger partial charge in [-0.1, -0.05) is 12.7 Å². The van der Waals surface area contributed by atoms with Crippen LogP contribution in [-0.4, -0.2) is 23.1 Å². The molecule has 0 aliphatic carbocycles. The molecule has 2 aliphatic heterocycles. The second-order valence-electron chi connectivity index (χ2n) is 3.06. The summed E-state index contributed by atoms with van der Waals surface area (Å²) >= 11 is 0. The number of amides is 1. The molecule has 0 bridgehead atoms. The Balaban J connectivity index is 2.20. The predicted molar refractivity (Wildman–Crippen MR) is 44.1 cm³/mol. The summed E-state index contributed by atoms with van der Waals surface area (Å²) in [5.41, 5.74) is 0. The summed E-state index contributed by atoms with van der Waals surface area (Å²) in [6, 6.07) is 0.0919. The van der Waals surface area contributed by atoms with Gasteiger partial charge in [-0.2, -0.15) is 0 Å². The molecule has 0 aromatic carbocycles. The Bertz CT molecular complexity index is 270. The third-order valence-electron chi connectivity index (χ3n) is 2.33. The molecular weight excluding hydrogens is 154 g/mol. The van der Waals surface area contributed by atoms with Gasteiger partial charge in [0.25, 0.3) is 0 Å². The zero-order valence-electron chi connectivity index (χ0n) is 6.99. The minimum absolute atomic E-state index is 0.00120. The highest BCUT2D eigenvalue weighted by Crippen LogP contribution is 2.35. The van der Waals surface area contributed by atoms with Gasteiger partial charge in [-0.3, -0.25) is 9.69 Å². The third kappa shape index (κ3) is 0.793. The lowest BCUT2D eigenvalue weighted by Crippen LogP contribution is -2.51. The van der Waals surface area contributed by atoms with Gasteiger partial charge in [-0.25, -0.2) is 0 Å². The molecule has 0 aromatic heterocycles. The molecule has 1 amide bonds. The highest BCUT2D eigenvalue weighted by Gasteiger charge is 2.48. The first-order valence-corrected chi connectivity index (χ1v) is 4.04. The van der Waals surface area contributed by atoms with E-state index >= 15 is 0 Å². The van der Waals surface area contributed by atoms with E-state index in [1.807, 2.05) is 13.0 Å². The Hall–Kier alpha value is -1.25. The summed E-state index contributed by atoms with van der Waals surface area (Å²) in [5, 5.41) is 0. The Morgan fingerprint density at radius 1 is 1.75 bits per heavy atom. The molecule has 0 spiro atoms. The van der Waals surface area contributed by atoms with Crippen LogP contribution in [0.1, 0.15) is 13.3 Å². The average Bonchev–Trinajstić information content (AvgIpc) is 2.24. The number of carbonyl (C=O) groups excluding carboxylic acids is 1. The maximum Gasteiger partial charge on any atom is 0.231 e. The van der Waals surface area contributed by atoms with E-state index in [0.29, 0.717) is 6.42 Å². The maximum absolute atomic E-state index is 11.1. The second kappa shape index (κ2) is 2.37. The summed E-state index contributed by atoms with van der Waals surface area (Å²) < 4.78 is 5.48. The van der Waals surface area contributed by atoms with E-state index in [-0.39, 0.29) is 18.2 Å². The molecule has 12 heavy (non-hydrogen) atoms. The zero-order chi connectivity index (χ0) is 8.72.